The molecule has 2 unspecified atom stereocenters. The lowest BCUT2D eigenvalue weighted by Crippen LogP contribution is -2.52. The first kappa shape index (κ1) is 24.2. The second-order valence-electron chi connectivity index (χ2n) is 9.09. The molecule has 4 N–H and O–H groups in total. The van der Waals surface area contributed by atoms with Crippen LogP contribution >= 0.6 is 11.3 Å². The molecule has 0 radical (unpaired) electrons. The number of hydrogen-bond acceptors (Lipinski definition) is 12. The zero-order valence-electron chi connectivity index (χ0n) is 20.1. The predicted molar refractivity (Wildman–Crippen MR) is 135 cm³/mol. The summed E-state index contributed by atoms with van der Waals surface area (Å²) in [5, 5.41) is 19.9. The lowest BCUT2D eigenvalue weighted by molar-refractivity contribution is -0.0908. The van der Waals surface area contributed by atoms with E-state index in [-0.39, 0.29) is 5.95 Å². The van der Waals surface area contributed by atoms with Gasteiger partial charge in [0.05, 0.1) is 35.1 Å². The number of nitrogen functional groups attached to an aromatic ring is 1. The first-order chi connectivity index (χ1) is 16.9. The summed E-state index contributed by atoms with van der Waals surface area (Å²) >= 11 is 1.75. The van der Waals surface area contributed by atoms with Gasteiger partial charge in [0.15, 0.2) is 11.6 Å². The standard InChI is InChI=1S/C23H32N8O3S/c1-14-17(13-29-3-5-31(6-4-29)22(33)15(2)32)35-19-18(14)27-20(16-11-25-23(24)26-12-16)28-21(19)30-7-9-34-10-8-30/h11-12,15,22,32-33H,3-10,13H2,1-2H3,(H2,24,25,26). The van der Waals surface area contributed by atoms with Crippen LogP contribution in [0.15, 0.2) is 12.4 Å². The predicted octanol–water partition coefficient (Wildman–Crippen LogP) is 0.692. The van der Waals surface area contributed by atoms with E-state index in [1.165, 1.54) is 4.88 Å². The van der Waals surface area contributed by atoms with Crippen LogP contribution in [0.4, 0.5) is 11.8 Å². The van der Waals surface area contributed by atoms with Gasteiger partial charge in [-0.15, -0.1) is 11.3 Å². The highest BCUT2D eigenvalue weighted by molar-refractivity contribution is 7.19. The normalized spacial score (nSPS) is 19.8. The quantitative estimate of drug-likeness (QED) is 0.441. The minimum absolute atomic E-state index is 0.221. The molecule has 3 aromatic rings. The Morgan fingerprint density at radius 1 is 1.06 bits per heavy atom. The number of anilines is 2. The van der Waals surface area contributed by atoms with Crippen molar-refractivity contribution in [3.05, 3.63) is 22.8 Å². The average molecular weight is 501 g/mol. The fourth-order valence-corrected chi connectivity index (χ4v) is 5.84. The molecule has 0 bridgehead atoms. The summed E-state index contributed by atoms with van der Waals surface area (Å²) in [7, 11) is 0. The third kappa shape index (κ3) is 5.08. The average Bonchev–Trinajstić information content (AvgIpc) is 3.19. The van der Waals surface area contributed by atoms with Gasteiger partial charge in [0.25, 0.3) is 0 Å². The largest absolute Gasteiger partial charge is 0.389 e. The lowest BCUT2D eigenvalue weighted by Gasteiger charge is -2.37. The molecule has 188 valence electrons. The number of morpholine rings is 1. The topological polar surface area (TPSA) is 137 Å². The highest BCUT2D eigenvalue weighted by Crippen LogP contribution is 2.38. The Hall–Kier alpha value is -2.48. The van der Waals surface area contributed by atoms with Crippen molar-refractivity contribution in [2.45, 2.75) is 32.7 Å². The molecule has 0 saturated carbocycles. The van der Waals surface area contributed by atoms with Crippen molar-refractivity contribution in [2.75, 3.05) is 63.1 Å². The van der Waals surface area contributed by atoms with E-state index in [9.17, 15) is 10.2 Å². The monoisotopic (exact) mass is 500 g/mol. The van der Waals surface area contributed by atoms with Crippen molar-refractivity contribution in [1.29, 1.82) is 0 Å². The molecule has 2 aliphatic rings. The van der Waals surface area contributed by atoms with E-state index in [0.29, 0.717) is 19.0 Å². The molecule has 2 atom stereocenters. The lowest BCUT2D eigenvalue weighted by atomic mass is 10.2. The highest BCUT2D eigenvalue weighted by Gasteiger charge is 2.27. The van der Waals surface area contributed by atoms with Crippen molar-refractivity contribution in [3.63, 3.8) is 0 Å². The second kappa shape index (κ2) is 10.2. The first-order valence-corrected chi connectivity index (χ1v) is 12.8. The number of rotatable bonds is 6. The summed E-state index contributed by atoms with van der Waals surface area (Å²) in [6.45, 7) is 10.6. The van der Waals surface area contributed by atoms with Crippen LogP contribution in [0.5, 0.6) is 0 Å². The maximum Gasteiger partial charge on any atom is 0.219 e. The van der Waals surface area contributed by atoms with Crippen molar-refractivity contribution in [3.8, 4) is 11.4 Å². The summed E-state index contributed by atoms with van der Waals surface area (Å²) in [6.07, 6.45) is 1.75. The molecule has 0 aromatic carbocycles. The van der Waals surface area contributed by atoms with Gasteiger partial charge in [-0.1, -0.05) is 0 Å². The third-order valence-electron chi connectivity index (χ3n) is 6.67. The molecule has 3 aromatic heterocycles. The SMILES string of the molecule is Cc1c(CN2CCN(C(O)C(C)O)CC2)sc2c(N3CCOCC3)nc(-c3cnc(N)nc3)nc12. The number of aliphatic hydroxyl groups is 2. The summed E-state index contributed by atoms with van der Waals surface area (Å²) in [6, 6.07) is 0. The Kier molecular flexibility index (Phi) is 7.09. The number of nitrogens with zero attached hydrogens (tertiary/aromatic N) is 7. The van der Waals surface area contributed by atoms with Crippen LogP contribution in [0, 0.1) is 6.92 Å². The molecular formula is C23H32N8O3S. The molecule has 5 rings (SSSR count). The highest BCUT2D eigenvalue weighted by atomic mass is 32.1. The molecule has 2 saturated heterocycles. The molecule has 0 spiro atoms. The summed E-state index contributed by atoms with van der Waals surface area (Å²) in [5.41, 5.74) is 8.53. The van der Waals surface area contributed by atoms with E-state index in [1.807, 2.05) is 4.90 Å². The van der Waals surface area contributed by atoms with Crippen molar-refractivity contribution < 1.29 is 14.9 Å². The van der Waals surface area contributed by atoms with E-state index in [0.717, 1.165) is 73.0 Å². The van der Waals surface area contributed by atoms with Gasteiger partial charge in [-0.3, -0.25) is 9.80 Å². The van der Waals surface area contributed by atoms with Crippen LogP contribution in [0.25, 0.3) is 21.6 Å². The molecule has 35 heavy (non-hydrogen) atoms. The first-order valence-electron chi connectivity index (χ1n) is 11.9. The molecule has 0 aliphatic carbocycles. The molecule has 12 heteroatoms. The number of hydrogen-bond donors (Lipinski definition) is 3. The summed E-state index contributed by atoms with van der Waals surface area (Å²) in [5.74, 6) is 1.74. The van der Waals surface area contributed by atoms with E-state index < -0.39 is 12.3 Å². The van der Waals surface area contributed by atoms with Gasteiger partial charge in [0, 0.05) is 63.1 Å². The van der Waals surface area contributed by atoms with Gasteiger partial charge in [-0.05, 0) is 19.4 Å². The van der Waals surface area contributed by atoms with Crippen LogP contribution in [0.2, 0.25) is 0 Å². The molecule has 11 nitrogen and oxygen atoms in total. The smallest absolute Gasteiger partial charge is 0.219 e. The maximum absolute atomic E-state index is 10.2. The van der Waals surface area contributed by atoms with Gasteiger partial charge in [0.2, 0.25) is 5.95 Å². The third-order valence-corrected chi connectivity index (χ3v) is 7.93. The number of ether oxygens (including phenoxy) is 1. The van der Waals surface area contributed by atoms with Crippen LogP contribution in [0.3, 0.4) is 0 Å². The molecule has 0 amide bonds. The number of nitrogens with two attached hydrogens (primary N) is 1. The van der Waals surface area contributed by atoms with Crippen molar-refractivity contribution in [2.24, 2.45) is 0 Å². The Morgan fingerprint density at radius 2 is 1.74 bits per heavy atom. The van der Waals surface area contributed by atoms with Gasteiger partial charge in [-0.2, -0.15) is 0 Å². The number of piperazine rings is 1. The van der Waals surface area contributed by atoms with E-state index >= 15 is 0 Å². The summed E-state index contributed by atoms with van der Waals surface area (Å²) in [4.78, 5) is 26.0. The van der Waals surface area contributed by atoms with Gasteiger partial charge >= 0.3 is 0 Å². The molecule has 2 aliphatic heterocycles. The minimum atomic E-state index is -0.815. The zero-order valence-corrected chi connectivity index (χ0v) is 20.9. The fraction of sp³-hybridized carbons (Fsp3) is 0.565. The number of aliphatic hydroxyl groups excluding tert-OH is 2. The van der Waals surface area contributed by atoms with Crippen molar-refractivity contribution in [1.82, 2.24) is 29.7 Å². The second-order valence-corrected chi connectivity index (χ2v) is 10.2. The fourth-order valence-electron chi connectivity index (χ4n) is 4.54. The van der Waals surface area contributed by atoms with Gasteiger partial charge < -0.3 is 25.6 Å². The minimum Gasteiger partial charge on any atom is -0.389 e. The number of aromatic nitrogens is 4. The Bertz CT molecular complexity index is 1160. The Labute approximate surface area is 208 Å². The summed E-state index contributed by atoms with van der Waals surface area (Å²) < 4.78 is 6.66. The Morgan fingerprint density at radius 3 is 2.40 bits per heavy atom. The molecular weight excluding hydrogens is 468 g/mol. The van der Waals surface area contributed by atoms with Gasteiger partial charge in [-0.25, -0.2) is 19.9 Å². The number of thiophene rings is 1. The number of aryl methyl sites for hydroxylation is 1. The van der Waals surface area contributed by atoms with E-state index in [1.54, 1.807) is 30.7 Å². The Balaban J connectivity index is 1.45. The van der Waals surface area contributed by atoms with Gasteiger partial charge in [0.1, 0.15) is 6.23 Å². The van der Waals surface area contributed by atoms with Crippen LogP contribution in [-0.4, -0.2) is 105 Å². The van der Waals surface area contributed by atoms with Crippen LogP contribution in [-0.2, 0) is 11.3 Å². The molecule has 2 fully saturated rings. The van der Waals surface area contributed by atoms with Crippen LogP contribution in [0.1, 0.15) is 17.4 Å². The maximum atomic E-state index is 10.2. The molecule has 5 heterocycles. The van der Waals surface area contributed by atoms with Crippen LogP contribution < -0.4 is 10.6 Å². The van der Waals surface area contributed by atoms with E-state index in [2.05, 4.69) is 26.7 Å². The zero-order chi connectivity index (χ0) is 24.5. The van der Waals surface area contributed by atoms with Crippen molar-refractivity contribution >= 4 is 33.3 Å². The number of fused-ring (bicyclic) bond motifs is 1. The van der Waals surface area contributed by atoms with E-state index in [4.69, 9.17) is 20.4 Å².